The zero-order valence-corrected chi connectivity index (χ0v) is 11.7. The zero-order valence-electron chi connectivity index (χ0n) is 11.0. The molecule has 0 aliphatic rings. The first-order valence-electron chi connectivity index (χ1n) is 6.13. The van der Waals surface area contributed by atoms with Crippen molar-refractivity contribution in [2.24, 2.45) is 5.92 Å². The first kappa shape index (κ1) is 15.0. The minimum Gasteiger partial charge on any atom is -0.480 e. The van der Waals surface area contributed by atoms with Gasteiger partial charge in [0.1, 0.15) is 6.04 Å². The van der Waals surface area contributed by atoms with E-state index in [4.69, 9.17) is 16.7 Å². The maximum absolute atomic E-state index is 11.1. The Morgan fingerprint density at radius 2 is 1.83 bits per heavy atom. The van der Waals surface area contributed by atoms with Crippen LogP contribution in [-0.4, -0.2) is 23.2 Å². The van der Waals surface area contributed by atoms with Crippen molar-refractivity contribution in [1.29, 1.82) is 0 Å². The van der Waals surface area contributed by atoms with E-state index in [1.807, 2.05) is 45.0 Å². The van der Waals surface area contributed by atoms with Crippen molar-refractivity contribution in [2.75, 3.05) is 0 Å². The Bertz CT molecular complexity index is 389. The predicted octanol–water partition coefficient (Wildman–Crippen LogP) is 2.97. The quantitative estimate of drug-likeness (QED) is 0.835. The molecule has 2 unspecified atom stereocenters. The van der Waals surface area contributed by atoms with Gasteiger partial charge in [0.2, 0.25) is 0 Å². The van der Waals surface area contributed by atoms with Crippen molar-refractivity contribution >= 4 is 17.6 Å². The van der Waals surface area contributed by atoms with Crippen LogP contribution in [0.5, 0.6) is 0 Å². The van der Waals surface area contributed by atoms with Gasteiger partial charge in [-0.25, -0.2) is 0 Å². The number of aliphatic carboxylic acids is 1. The van der Waals surface area contributed by atoms with Gasteiger partial charge < -0.3 is 10.4 Å². The van der Waals surface area contributed by atoms with Crippen molar-refractivity contribution in [2.45, 2.75) is 39.3 Å². The van der Waals surface area contributed by atoms with Crippen LogP contribution < -0.4 is 5.32 Å². The molecule has 0 heterocycles. The number of benzene rings is 1. The highest BCUT2D eigenvalue weighted by Crippen LogP contribution is 2.12. The minimum atomic E-state index is -0.798. The molecule has 0 aliphatic heterocycles. The highest BCUT2D eigenvalue weighted by Gasteiger charge is 2.22. The first-order chi connectivity index (χ1) is 8.40. The van der Waals surface area contributed by atoms with E-state index in [1.54, 1.807) is 0 Å². The number of carboxylic acids is 1. The Morgan fingerprint density at radius 3 is 2.28 bits per heavy atom. The van der Waals surface area contributed by atoms with Gasteiger partial charge in [0, 0.05) is 11.1 Å². The van der Waals surface area contributed by atoms with Gasteiger partial charge in [-0.15, -0.1) is 0 Å². The monoisotopic (exact) mass is 269 g/mol. The lowest BCUT2D eigenvalue weighted by molar-refractivity contribution is -0.140. The highest BCUT2D eigenvalue weighted by atomic mass is 35.5. The van der Waals surface area contributed by atoms with Crippen molar-refractivity contribution in [1.82, 2.24) is 5.32 Å². The molecule has 0 aliphatic carbocycles. The molecule has 2 N–H and O–H groups in total. The molecule has 100 valence electrons. The summed E-state index contributed by atoms with van der Waals surface area (Å²) in [6.07, 6.45) is 0.785. The van der Waals surface area contributed by atoms with Gasteiger partial charge in [-0.1, -0.05) is 37.6 Å². The van der Waals surface area contributed by atoms with Crippen LogP contribution >= 0.6 is 11.6 Å². The molecule has 0 radical (unpaired) electrons. The summed E-state index contributed by atoms with van der Waals surface area (Å²) < 4.78 is 0. The van der Waals surface area contributed by atoms with Crippen LogP contribution in [0.1, 0.15) is 26.3 Å². The van der Waals surface area contributed by atoms with Crippen LogP contribution in [0.15, 0.2) is 24.3 Å². The summed E-state index contributed by atoms with van der Waals surface area (Å²) in [6, 6.07) is 7.22. The molecule has 0 bridgehead atoms. The van der Waals surface area contributed by atoms with E-state index in [0.717, 1.165) is 12.0 Å². The van der Waals surface area contributed by atoms with Gasteiger partial charge in [-0.3, -0.25) is 4.79 Å². The van der Waals surface area contributed by atoms with E-state index in [2.05, 4.69) is 5.32 Å². The van der Waals surface area contributed by atoms with Crippen molar-refractivity contribution in [3.05, 3.63) is 34.9 Å². The van der Waals surface area contributed by atoms with E-state index in [9.17, 15) is 4.79 Å². The van der Waals surface area contributed by atoms with Gasteiger partial charge in [0.15, 0.2) is 0 Å². The summed E-state index contributed by atoms with van der Waals surface area (Å²) in [7, 11) is 0. The van der Waals surface area contributed by atoms with Crippen LogP contribution in [0.3, 0.4) is 0 Å². The van der Waals surface area contributed by atoms with Crippen LogP contribution in [0.2, 0.25) is 5.02 Å². The zero-order chi connectivity index (χ0) is 13.7. The lowest BCUT2D eigenvalue weighted by atomic mass is 10.0. The van der Waals surface area contributed by atoms with Crippen molar-refractivity contribution in [3.8, 4) is 0 Å². The molecule has 0 fully saturated rings. The fourth-order valence-corrected chi connectivity index (χ4v) is 2.01. The summed E-state index contributed by atoms with van der Waals surface area (Å²) >= 11 is 5.82. The average molecular weight is 270 g/mol. The summed E-state index contributed by atoms with van der Waals surface area (Å²) in [5, 5.41) is 13.0. The molecule has 0 aromatic heterocycles. The van der Waals surface area contributed by atoms with Gasteiger partial charge in [-0.2, -0.15) is 0 Å². The molecule has 18 heavy (non-hydrogen) atoms. The third-order valence-electron chi connectivity index (χ3n) is 2.85. The Hall–Kier alpha value is -1.06. The third-order valence-corrected chi connectivity index (χ3v) is 3.10. The molecule has 0 spiro atoms. The number of halogens is 1. The largest absolute Gasteiger partial charge is 0.480 e. The second-order valence-corrected chi connectivity index (χ2v) is 5.39. The lowest BCUT2D eigenvalue weighted by Gasteiger charge is -2.23. The highest BCUT2D eigenvalue weighted by molar-refractivity contribution is 6.30. The molecule has 1 rings (SSSR count). The standard InChI is InChI=1S/C14H20ClNO2/c1-9(2)13(14(17)18)16-10(3)8-11-4-6-12(15)7-5-11/h4-7,9-10,13,16H,8H2,1-3H3,(H,17,18). The fraction of sp³-hybridized carbons (Fsp3) is 0.500. The SMILES string of the molecule is CC(Cc1ccc(Cl)cc1)NC(C(=O)O)C(C)C. The fourth-order valence-electron chi connectivity index (χ4n) is 1.89. The number of rotatable bonds is 6. The number of hydrogen-bond donors (Lipinski definition) is 2. The maximum Gasteiger partial charge on any atom is 0.320 e. The smallest absolute Gasteiger partial charge is 0.320 e. The van der Waals surface area contributed by atoms with Crippen molar-refractivity contribution in [3.63, 3.8) is 0 Å². The van der Waals surface area contributed by atoms with Crippen LogP contribution in [0, 0.1) is 5.92 Å². The molecular weight excluding hydrogens is 250 g/mol. The van der Waals surface area contributed by atoms with E-state index in [1.165, 1.54) is 0 Å². The average Bonchev–Trinajstić information content (AvgIpc) is 2.28. The van der Waals surface area contributed by atoms with Gasteiger partial charge >= 0.3 is 5.97 Å². The number of carboxylic acid groups (broad SMARTS) is 1. The van der Waals surface area contributed by atoms with Crippen LogP contribution in [0.4, 0.5) is 0 Å². The van der Waals surface area contributed by atoms with E-state index in [0.29, 0.717) is 5.02 Å². The number of carbonyl (C=O) groups is 1. The summed E-state index contributed by atoms with van der Waals surface area (Å²) in [5.41, 5.74) is 1.15. The molecule has 0 saturated carbocycles. The molecule has 1 aromatic rings. The Labute approximate surface area is 113 Å². The van der Waals surface area contributed by atoms with E-state index in [-0.39, 0.29) is 12.0 Å². The molecule has 0 saturated heterocycles. The summed E-state index contributed by atoms with van der Waals surface area (Å²) in [4.78, 5) is 11.1. The topological polar surface area (TPSA) is 49.3 Å². The van der Waals surface area contributed by atoms with Crippen LogP contribution in [-0.2, 0) is 11.2 Å². The summed E-state index contributed by atoms with van der Waals surface area (Å²) in [6.45, 7) is 5.80. The third kappa shape index (κ3) is 4.67. The number of nitrogens with one attached hydrogen (secondary N) is 1. The molecule has 1 aromatic carbocycles. The second-order valence-electron chi connectivity index (χ2n) is 4.96. The van der Waals surface area contributed by atoms with Gasteiger partial charge in [0.25, 0.3) is 0 Å². The van der Waals surface area contributed by atoms with Gasteiger partial charge in [0.05, 0.1) is 0 Å². The summed E-state index contributed by atoms with van der Waals surface area (Å²) in [5.74, 6) is -0.733. The van der Waals surface area contributed by atoms with Gasteiger partial charge in [-0.05, 0) is 37.0 Å². The Balaban J connectivity index is 2.57. The molecule has 3 nitrogen and oxygen atoms in total. The molecule has 4 heteroatoms. The van der Waals surface area contributed by atoms with Crippen molar-refractivity contribution < 1.29 is 9.90 Å². The van der Waals surface area contributed by atoms with E-state index >= 15 is 0 Å². The lowest BCUT2D eigenvalue weighted by Crippen LogP contribution is -2.46. The molecule has 2 atom stereocenters. The number of hydrogen-bond acceptors (Lipinski definition) is 2. The second kappa shape index (κ2) is 6.76. The van der Waals surface area contributed by atoms with Crippen LogP contribution in [0.25, 0.3) is 0 Å². The molecule has 0 amide bonds. The predicted molar refractivity (Wildman–Crippen MR) is 74.0 cm³/mol. The Kier molecular flexibility index (Phi) is 5.63. The van der Waals surface area contributed by atoms with E-state index < -0.39 is 12.0 Å². The minimum absolute atomic E-state index is 0.0650. The Morgan fingerprint density at radius 1 is 1.28 bits per heavy atom. The normalized spacial score (nSPS) is 14.5. The first-order valence-corrected chi connectivity index (χ1v) is 6.51. The molecular formula is C14H20ClNO2. The maximum atomic E-state index is 11.1.